The van der Waals surface area contributed by atoms with Gasteiger partial charge >= 0.3 is 0 Å². The van der Waals surface area contributed by atoms with Crippen LogP contribution in [0.5, 0.6) is 11.5 Å². The van der Waals surface area contributed by atoms with Gasteiger partial charge in [0.2, 0.25) is 0 Å². The third-order valence-electron chi connectivity index (χ3n) is 3.03. The summed E-state index contributed by atoms with van der Waals surface area (Å²) in [6.07, 6.45) is 2.44. The van der Waals surface area contributed by atoms with Gasteiger partial charge in [-0.05, 0) is 36.8 Å². The van der Waals surface area contributed by atoms with Crippen molar-refractivity contribution >= 4 is 35.3 Å². The predicted molar refractivity (Wildman–Crippen MR) is 99.9 cm³/mol. The Labute approximate surface area is 156 Å². The van der Waals surface area contributed by atoms with Crippen molar-refractivity contribution in [2.75, 3.05) is 13.2 Å². The van der Waals surface area contributed by atoms with E-state index in [0.717, 1.165) is 12.0 Å². The number of carbonyl (C=O) groups excluding carboxylic acids is 1. The van der Waals surface area contributed by atoms with E-state index in [2.05, 4.69) is 10.5 Å². The molecule has 2 aromatic rings. The number of rotatable bonds is 8. The molecule has 2 aromatic carbocycles. The summed E-state index contributed by atoms with van der Waals surface area (Å²) in [6, 6.07) is 12.2. The lowest BCUT2D eigenvalue weighted by atomic mass is 10.2. The van der Waals surface area contributed by atoms with E-state index in [1.807, 2.05) is 31.2 Å². The van der Waals surface area contributed by atoms with E-state index in [0.29, 0.717) is 28.2 Å². The molecular formula is C18H18Cl2N2O3. The second-order valence-corrected chi connectivity index (χ2v) is 5.89. The number of para-hydroxylation sites is 1. The molecule has 0 fully saturated rings. The topological polar surface area (TPSA) is 59.9 Å². The average molecular weight is 381 g/mol. The number of benzene rings is 2. The van der Waals surface area contributed by atoms with Crippen molar-refractivity contribution < 1.29 is 14.3 Å². The quantitative estimate of drug-likeness (QED) is 0.548. The van der Waals surface area contributed by atoms with Crippen LogP contribution in [0, 0.1) is 0 Å². The van der Waals surface area contributed by atoms with Crippen LogP contribution in [0.4, 0.5) is 0 Å². The molecule has 1 N–H and O–H groups in total. The van der Waals surface area contributed by atoms with Crippen LogP contribution < -0.4 is 14.9 Å². The minimum absolute atomic E-state index is 0.216. The summed E-state index contributed by atoms with van der Waals surface area (Å²) >= 11 is 11.8. The summed E-state index contributed by atoms with van der Waals surface area (Å²) in [4.78, 5) is 11.8. The highest BCUT2D eigenvalue weighted by Crippen LogP contribution is 2.27. The molecule has 0 saturated carbocycles. The summed E-state index contributed by atoms with van der Waals surface area (Å²) in [5.74, 6) is 0.685. The first-order chi connectivity index (χ1) is 12.1. The molecule has 132 valence electrons. The molecule has 0 radical (unpaired) electrons. The van der Waals surface area contributed by atoms with Gasteiger partial charge in [-0.25, -0.2) is 5.43 Å². The highest BCUT2D eigenvalue weighted by Gasteiger charge is 2.06. The van der Waals surface area contributed by atoms with Crippen LogP contribution in [0.3, 0.4) is 0 Å². The van der Waals surface area contributed by atoms with Crippen molar-refractivity contribution in [2.45, 2.75) is 13.3 Å². The van der Waals surface area contributed by atoms with Crippen LogP contribution in [0.2, 0.25) is 10.0 Å². The molecule has 25 heavy (non-hydrogen) atoms. The molecular weight excluding hydrogens is 363 g/mol. The van der Waals surface area contributed by atoms with E-state index in [9.17, 15) is 4.79 Å². The van der Waals surface area contributed by atoms with Gasteiger partial charge in [0.1, 0.15) is 11.5 Å². The summed E-state index contributed by atoms with van der Waals surface area (Å²) < 4.78 is 10.9. The second kappa shape index (κ2) is 9.91. The van der Waals surface area contributed by atoms with E-state index in [1.165, 1.54) is 6.21 Å². The van der Waals surface area contributed by atoms with E-state index >= 15 is 0 Å². The Hall–Kier alpha value is -2.24. The number of hydrogen-bond acceptors (Lipinski definition) is 4. The largest absolute Gasteiger partial charge is 0.493 e. The highest BCUT2D eigenvalue weighted by atomic mass is 35.5. The van der Waals surface area contributed by atoms with Gasteiger partial charge in [-0.1, -0.05) is 42.3 Å². The van der Waals surface area contributed by atoms with E-state index in [-0.39, 0.29) is 6.61 Å². The highest BCUT2D eigenvalue weighted by molar-refractivity contribution is 6.35. The maximum atomic E-state index is 11.8. The van der Waals surface area contributed by atoms with Gasteiger partial charge in [-0.3, -0.25) is 4.79 Å². The van der Waals surface area contributed by atoms with Gasteiger partial charge in [0.05, 0.1) is 17.8 Å². The Morgan fingerprint density at radius 1 is 1.16 bits per heavy atom. The van der Waals surface area contributed by atoms with E-state index < -0.39 is 5.91 Å². The molecule has 2 rings (SSSR count). The van der Waals surface area contributed by atoms with Crippen molar-refractivity contribution in [3.63, 3.8) is 0 Å². The Balaban J connectivity index is 1.86. The maximum Gasteiger partial charge on any atom is 0.277 e. The summed E-state index contributed by atoms with van der Waals surface area (Å²) in [5.41, 5.74) is 3.17. The van der Waals surface area contributed by atoms with Gasteiger partial charge in [0.15, 0.2) is 6.61 Å². The minimum Gasteiger partial charge on any atom is -0.493 e. The molecule has 0 atom stereocenters. The number of amides is 1. The SMILES string of the molecule is CCCOc1ccccc1/C=N/NC(=O)COc1ccc(Cl)cc1Cl. The monoisotopic (exact) mass is 380 g/mol. The molecule has 0 heterocycles. The summed E-state index contributed by atoms with van der Waals surface area (Å²) in [5, 5.41) is 4.75. The molecule has 0 bridgehead atoms. The molecule has 5 nitrogen and oxygen atoms in total. The van der Waals surface area contributed by atoms with Gasteiger partial charge in [-0.2, -0.15) is 5.10 Å². The van der Waals surface area contributed by atoms with Crippen LogP contribution in [-0.2, 0) is 4.79 Å². The third-order valence-corrected chi connectivity index (χ3v) is 3.56. The number of hydrogen-bond donors (Lipinski definition) is 1. The lowest BCUT2D eigenvalue weighted by Gasteiger charge is -2.08. The fourth-order valence-corrected chi connectivity index (χ4v) is 2.34. The normalized spacial score (nSPS) is 10.7. The average Bonchev–Trinajstić information content (AvgIpc) is 2.60. The lowest BCUT2D eigenvalue weighted by molar-refractivity contribution is -0.123. The zero-order valence-electron chi connectivity index (χ0n) is 13.7. The Morgan fingerprint density at radius 3 is 2.72 bits per heavy atom. The number of nitrogens with zero attached hydrogens (tertiary/aromatic N) is 1. The summed E-state index contributed by atoms with van der Waals surface area (Å²) in [7, 11) is 0. The van der Waals surface area contributed by atoms with Crippen molar-refractivity contribution in [1.82, 2.24) is 5.43 Å². The van der Waals surface area contributed by atoms with E-state index in [1.54, 1.807) is 18.2 Å². The molecule has 7 heteroatoms. The molecule has 0 aliphatic rings. The molecule has 0 spiro atoms. The lowest BCUT2D eigenvalue weighted by Crippen LogP contribution is -2.24. The summed E-state index contributed by atoms with van der Waals surface area (Å²) in [6.45, 7) is 2.43. The van der Waals surface area contributed by atoms with E-state index in [4.69, 9.17) is 32.7 Å². The first-order valence-electron chi connectivity index (χ1n) is 7.71. The third kappa shape index (κ3) is 6.29. The zero-order valence-corrected chi connectivity index (χ0v) is 15.2. The number of carbonyl (C=O) groups is 1. The van der Waals surface area contributed by atoms with Gasteiger partial charge in [-0.15, -0.1) is 0 Å². The van der Waals surface area contributed by atoms with Crippen LogP contribution in [0.15, 0.2) is 47.6 Å². The number of hydrazone groups is 1. The Morgan fingerprint density at radius 2 is 1.96 bits per heavy atom. The number of halogens is 2. The first kappa shape index (κ1) is 19.1. The Kier molecular flexibility index (Phi) is 7.57. The molecule has 0 aliphatic heterocycles. The molecule has 0 aromatic heterocycles. The van der Waals surface area contributed by atoms with Crippen LogP contribution in [0.25, 0.3) is 0 Å². The van der Waals surface area contributed by atoms with Crippen molar-refractivity contribution in [3.8, 4) is 11.5 Å². The minimum atomic E-state index is -0.408. The molecule has 1 amide bonds. The fraction of sp³-hybridized carbons (Fsp3) is 0.222. The molecule has 0 saturated heterocycles. The first-order valence-corrected chi connectivity index (χ1v) is 8.47. The predicted octanol–water partition coefficient (Wildman–Crippen LogP) is 4.31. The van der Waals surface area contributed by atoms with Crippen molar-refractivity contribution in [2.24, 2.45) is 5.10 Å². The fourth-order valence-electron chi connectivity index (χ4n) is 1.87. The Bertz CT molecular complexity index is 751. The van der Waals surface area contributed by atoms with Crippen molar-refractivity contribution in [3.05, 3.63) is 58.1 Å². The molecule has 0 unspecified atom stereocenters. The van der Waals surface area contributed by atoms with Crippen LogP contribution in [0.1, 0.15) is 18.9 Å². The van der Waals surface area contributed by atoms with Gasteiger partial charge < -0.3 is 9.47 Å². The smallest absolute Gasteiger partial charge is 0.277 e. The molecule has 0 aliphatic carbocycles. The van der Waals surface area contributed by atoms with Crippen LogP contribution in [-0.4, -0.2) is 25.3 Å². The second-order valence-electron chi connectivity index (χ2n) is 5.04. The van der Waals surface area contributed by atoms with Gasteiger partial charge in [0, 0.05) is 10.6 Å². The van der Waals surface area contributed by atoms with Crippen molar-refractivity contribution in [1.29, 1.82) is 0 Å². The zero-order chi connectivity index (χ0) is 18.1. The maximum absolute atomic E-state index is 11.8. The van der Waals surface area contributed by atoms with Gasteiger partial charge in [0.25, 0.3) is 5.91 Å². The standard InChI is InChI=1S/C18H18Cl2N2O3/c1-2-9-24-16-6-4-3-5-13(16)11-21-22-18(23)12-25-17-8-7-14(19)10-15(17)20/h3-8,10-11H,2,9,12H2,1H3,(H,22,23)/b21-11+. The number of nitrogens with one attached hydrogen (secondary N) is 1. The van der Waals surface area contributed by atoms with Crippen LogP contribution >= 0.6 is 23.2 Å². The number of ether oxygens (including phenoxy) is 2.